The molecule has 4 nitrogen and oxygen atoms in total. The van der Waals surface area contributed by atoms with Crippen LogP contribution in [0.25, 0.3) is 44.5 Å². The quantitative estimate of drug-likeness (QED) is 0.135. The molecular formula is C62H68N4. The minimum atomic E-state index is 0.298. The molecule has 0 spiro atoms. The largest absolute Gasteiger partial charge is 0.362 e. The summed E-state index contributed by atoms with van der Waals surface area (Å²) in [6, 6.07) is 38.9. The highest BCUT2D eigenvalue weighted by molar-refractivity contribution is 6.09. The van der Waals surface area contributed by atoms with Gasteiger partial charge in [-0.2, -0.15) is 0 Å². The zero-order chi connectivity index (χ0) is 44.1. The van der Waals surface area contributed by atoms with E-state index in [0.717, 1.165) is 25.2 Å². The van der Waals surface area contributed by atoms with Gasteiger partial charge < -0.3 is 18.9 Å². The molecule has 6 aliphatic rings. The van der Waals surface area contributed by atoms with Gasteiger partial charge in [0.2, 0.25) is 0 Å². The zero-order valence-corrected chi connectivity index (χ0v) is 39.3. The van der Waals surface area contributed by atoms with E-state index in [4.69, 9.17) is 0 Å². The van der Waals surface area contributed by atoms with Crippen LogP contribution in [-0.2, 0) is 6.42 Å². The molecule has 0 bridgehead atoms. The van der Waals surface area contributed by atoms with Crippen LogP contribution in [0.2, 0.25) is 0 Å². The molecule has 336 valence electrons. The number of nitrogens with zero attached hydrogens (tertiary/aromatic N) is 4. The molecule has 2 aromatic heterocycles. The topological polar surface area (TPSA) is 16.3 Å². The van der Waals surface area contributed by atoms with E-state index < -0.39 is 0 Å². The summed E-state index contributed by atoms with van der Waals surface area (Å²) in [6.07, 6.45) is 43.5. The molecule has 4 aromatic carbocycles. The summed E-state index contributed by atoms with van der Waals surface area (Å²) in [4.78, 5) is 5.68. The maximum absolute atomic E-state index is 2.89. The molecule has 0 saturated heterocycles. The normalized spacial score (nSPS) is 28.5. The number of fused-ring (bicyclic) bond motifs is 6. The predicted octanol–water partition coefficient (Wildman–Crippen LogP) is 15.5. The van der Waals surface area contributed by atoms with Gasteiger partial charge in [-0.05, 0) is 167 Å². The SMILES string of the molecule is CC1C=CC(N(C2C=CC(C3C=CC(N(c4ccc5c(c4)c4ccccc4n5C4CC=CCC4)C4CCC(C)CC4)CC3)CC2)C2C=Cc3c(c4ccccc4n3-c3ccccc3)C2)=CC1. The van der Waals surface area contributed by atoms with Crippen molar-refractivity contribution in [3.63, 3.8) is 0 Å². The van der Waals surface area contributed by atoms with Crippen LogP contribution < -0.4 is 4.90 Å². The number of benzene rings is 4. The number of rotatable bonds is 9. The monoisotopic (exact) mass is 869 g/mol. The molecule has 6 aliphatic carbocycles. The van der Waals surface area contributed by atoms with E-state index in [1.807, 2.05) is 0 Å². The van der Waals surface area contributed by atoms with Gasteiger partial charge in [-0.15, -0.1) is 0 Å². The Bertz CT molecular complexity index is 2910. The minimum absolute atomic E-state index is 0.298. The number of para-hydroxylation sites is 3. The zero-order valence-electron chi connectivity index (χ0n) is 39.3. The first-order chi connectivity index (χ1) is 32.6. The van der Waals surface area contributed by atoms with Gasteiger partial charge in [-0.1, -0.05) is 123 Å². The fourth-order valence-corrected chi connectivity index (χ4v) is 13.4. The Balaban J connectivity index is 0.810. The molecule has 0 aliphatic heterocycles. The first-order valence-electron chi connectivity index (χ1n) is 25.9. The fraction of sp³-hybridized carbons (Fsp3) is 0.387. The van der Waals surface area contributed by atoms with E-state index in [1.165, 1.54) is 125 Å². The Morgan fingerprint density at radius 1 is 0.530 bits per heavy atom. The highest BCUT2D eigenvalue weighted by Crippen LogP contribution is 2.44. The molecule has 6 aromatic rings. The van der Waals surface area contributed by atoms with Crippen LogP contribution in [0.1, 0.15) is 108 Å². The smallest absolute Gasteiger partial charge is 0.0537 e. The van der Waals surface area contributed by atoms with Crippen molar-refractivity contribution in [3.05, 3.63) is 175 Å². The molecule has 7 unspecified atom stereocenters. The molecule has 1 saturated carbocycles. The molecule has 66 heavy (non-hydrogen) atoms. The second-order valence-corrected chi connectivity index (χ2v) is 21.0. The van der Waals surface area contributed by atoms with Gasteiger partial charge in [0.25, 0.3) is 0 Å². The third-order valence-electron chi connectivity index (χ3n) is 16.9. The van der Waals surface area contributed by atoms with Crippen molar-refractivity contribution in [1.29, 1.82) is 0 Å². The van der Waals surface area contributed by atoms with E-state index in [1.54, 1.807) is 0 Å². The molecule has 4 heteroatoms. The van der Waals surface area contributed by atoms with Crippen molar-refractivity contribution >= 4 is 44.5 Å². The standard InChI is InChI=1S/C62H68N4/c1-43-21-29-49(30-22-43)63(53-37-39-61-57(41-53)55-17-9-11-19-59(55)65(61)47-13-5-3-6-14-47)51-33-25-45(26-34-51)46-27-35-52(36-28-46)64(50-31-23-44(2)24-32-50)54-38-40-62-58(42-54)56-18-10-12-20-60(56)66(62)48-15-7-4-8-16-48/h3-7,9-14,17-21,25,27,29-30,33,35,37-40,42-46,48,50-53H,8,15-16,22-24,26,28,31-32,34,36,41H2,1-2H3. The summed E-state index contributed by atoms with van der Waals surface area (Å²) in [5.74, 6) is 2.61. The molecule has 2 heterocycles. The second-order valence-electron chi connectivity index (χ2n) is 21.0. The van der Waals surface area contributed by atoms with E-state index in [9.17, 15) is 0 Å². The molecule has 7 atom stereocenters. The van der Waals surface area contributed by atoms with Crippen LogP contribution in [0.5, 0.6) is 0 Å². The van der Waals surface area contributed by atoms with Crippen molar-refractivity contribution in [2.45, 2.75) is 128 Å². The maximum Gasteiger partial charge on any atom is 0.0537 e. The Morgan fingerprint density at radius 3 is 1.95 bits per heavy atom. The molecular weight excluding hydrogens is 801 g/mol. The van der Waals surface area contributed by atoms with Gasteiger partial charge in [0.05, 0.1) is 11.6 Å². The van der Waals surface area contributed by atoms with Crippen LogP contribution in [0.15, 0.2) is 164 Å². The third kappa shape index (κ3) is 7.63. The van der Waals surface area contributed by atoms with Gasteiger partial charge in [0.15, 0.2) is 0 Å². The van der Waals surface area contributed by atoms with Gasteiger partial charge in [-0.25, -0.2) is 0 Å². The lowest BCUT2D eigenvalue weighted by Crippen LogP contribution is -2.46. The third-order valence-corrected chi connectivity index (χ3v) is 16.9. The van der Waals surface area contributed by atoms with Crippen molar-refractivity contribution in [1.82, 2.24) is 14.0 Å². The Hall–Kier alpha value is -5.74. The van der Waals surface area contributed by atoms with Crippen LogP contribution >= 0.6 is 0 Å². The van der Waals surface area contributed by atoms with Gasteiger partial charge >= 0.3 is 0 Å². The Morgan fingerprint density at radius 2 is 1.24 bits per heavy atom. The average Bonchev–Trinajstić information content (AvgIpc) is 3.89. The lowest BCUT2D eigenvalue weighted by Gasteiger charge is -2.45. The van der Waals surface area contributed by atoms with Crippen molar-refractivity contribution in [2.24, 2.45) is 23.7 Å². The van der Waals surface area contributed by atoms with Crippen LogP contribution in [0.4, 0.5) is 5.69 Å². The summed E-state index contributed by atoms with van der Waals surface area (Å²) in [5, 5.41) is 4.22. The maximum atomic E-state index is 2.89. The summed E-state index contributed by atoms with van der Waals surface area (Å²) in [7, 11) is 0. The van der Waals surface area contributed by atoms with E-state index in [0.29, 0.717) is 48.0 Å². The molecule has 0 radical (unpaired) electrons. The average molecular weight is 869 g/mol. The summed E-state index contributed by atoms with van der Waals surface area (Å²) >= 11 is 0. The fourth-order valence-electron chi connectivity index (χ4n) is 13.4. The highest BCUT2D eigenvalue weighted by Gasteiger charge is 2.36. The molecule has 0 N–H and O–H groups in total. The van der Waals surface area contributed by atoms with Gasteiger partial charge in [0, 0.05) is 74.1 Å². The van der Waals surface area contributed by atoms with Crippen molar-refractivity contribution in [2.75, 3.05) is 4.90 Å². The number of allylic oxidation sites excluding steroid dienone is 7. The van der Waals surface area contributed by atoms with E-state index in [-0.39, 0.29) is 0 Å². The lowest BCUT2D eigenvalue weighted by molar-refractivity contribution is 0.215. The first kappa shape index (κ1) is 41.7. The van der Waals surface area contributed by atoms with Crippen molar-refractivity contribution in [3.8, 4) is 5.69 Å². The number of anilines is 1. The first-order valence-corrected chi connectivity index (χ1v) is 25.9. The highest BCUT2D eigenvalue weighted by atomic mass is 15.2. The summed E-state index contributed by atoms with van der Waals surface area (Å²) in [5.41, 5.74) is 11.0. The van der Waals surface area contributed by atoms with Crippen LogP contribution in [0.3, 0.4) is 0 Å². The predicted molar refractivity (Wildman–Crippen MR) is 279 cm³/mol. The van der Waals surface area contributed by atoms with Crippen LogP contribution in [0, 0.1) is 23.7 Å². The lowest BCUT2D eigenvalue weighted by atomic mass is 9.76. The number of hydrogen-bond acceptors (Lipinski definition) is 2. The van der Waals surface area contributed by atoms with E-state index >= 15 is 0 Å². The molecule has 1 fully saturated rings. The molecule has 12 rings (SSSR count). The number of aromatic nitrogens is 2. The number of hydrogen-bond donors (Lipinski definition) is 0. The Labute approximate surface area is 393 Å². The Kier molecular flexibility index (Phi) is 11.2. The summed E-state index contributed by atoms with van der Waals surface area (Å²) in [6.45, 7) is 4.81. The van der Waals surface area contributed by atoms with Crippen molar-refractivity contribution < 1.29 is 0 Å². The van der Waals surface area contributed by atoms with Gasteiger partial charge in [-0.3, -0.25) is 0 Å². The van der Waals surface area contributed by atoms with Gasteiger partial charge in [0.1, 0.15) is 0 Å². The van der Waals surface area contributed by atoms with Crippen LogP contribution in [-0.4, -0.2) is 38.2 Å². The molecule has 0 amide bonds. The summed E-state index contributed by atoms with van der Waals surface area (Å²) < 4.78 is 5.15. The minimum Gasteiger partial charge on any atom is -0.362 e. The second kappa shape index (κ2) is 17.8. The van der Waals surface area contributed by atoms with E-state index in [2.05, 4.69) is 197 Å².